The maximum absolute atomic E-state index is 6.36. The third kappa shape index (κ3) is 3.46. The van der Waals surface area contributed by atoms with Crippen LogP contribution in [0.3, 0.4) is 0 Å². The third-order valence-corrected chi connectivity index (χ3v) is 4.10. The lowest BCUT2D eigenvalue weighted by Crippen LogP contribution is -2.34. The molecule has 0 saturated heterocycles. The SMILES string of the molecule is CCCn1ncc(Cl)c1C(NN)C(CC)c1ccccc1. The third-order valence-electron chi connectivity index (χ3n) is 3.81. The second-order valence-corrected chi connectivity index (χ2v) is 5.58. The number of aromatic nitrogens is 2. The number of rotatable bonds is 7. The van der Waals surface area contributed by atoms with Gasteiger partial charge in [-0.15, -0.1) is 0 Å². The highest BCUT2D eigenvalue weighted by molar-refractivity contribution is 6.31. The van der Waals surface area contributed by atoms with Crippen molar-refractivity contribution in [3.8, 4) is 0 Å². The predicted molar refractivity (Wildman–Crippen MR) is 87.1 cm³/mol. The summed E-state index contributed by atoms with van der Waals surface area (Å²) in [5, 5.41) is 5.04. The molecule has 1 aromatic heterocycles. The Balaban J connectivity index is 2.40. The zero-order valence-electron chi connectivity index (χ0n) is 12.6. The van der Waals surface area contributed by atoms with E-state index in [2.05, 4.69) is 48.6 Å². The summed E-state index contributed by atoms with van der Waals surface area (Å²) in [6.07, 6.45) is 3.67. The molecule has 4 nitrogen and oxygen atoms in total. The standard InChI is InChI=1S/C16H23ClN4/c1-3-10-21-16(14(17)11-19-21)15(20-18)13(4-2)12-8-6-5-7-9-12/h5-9,11,13,15,20H,3-4,10,18H2,1-2H3. The molecule has 0 aliphatic carbocycles. The van der Waals surface area contributed by atoms with Crippen molar-refractivity contribution in [3.05, 3.63) is 52.8 Å². The molecule has 0 aliphatic heterocycles. The number of halogens is 1. The van der Waals surface area contributed by atoms with Crippen molar-refractivity contribution >= 4 is 11.6 Å². The molecule has 3 N–H and O–H groups in total. The fourth-order valence-corrected chi connectivity index (χ4v) is 3.08. The van der Waals surface area contributed by atoms with Crippen molar-refractivity contribution in [3.63, 3.8) is 0 Å². The van der Waals surface area contributed by atoms with Gasteiger partial charge in [0.2, 0.25) is 0 Å². The van der Waals surface area contributed by atoms with Gasteiger partial charge in [-0.2, -0.15) is 5.10 Å². The van der Waals surface area contributed by atoms with Crippen LogP contribution < -0.4 is 11.3 Å². The summed E-state index contributed by atoms with van der Waals surface area (Å²) in [6, 6.07) is 10.3. The molecule has 2 aromatic rings. The Morgan fingerprint density at radius 3 is 2.57 bits per heavy atom. The number of nitrogens with two attached hydrogens (primary N) is 1. The van der Waals surface area contributed by atoms with Crippen molar-refractivity contribution in [2.75, 3.05) is 0 Å². The van der Waals surface area contributed by atoms with Crippen LogP contribution in [-0.4, -0.2) is 9.78 Å². The zero-order valence-corrected chi connectivity index (χ0v) is 13.3. The first-order valence-electron chi connectivity index (χ1n) is 7.45. The average molecular weight is 307 g/mol. The van der Waals surface area contributed by atoms with Gasteiger partial charge in [0.15, 0.2) is 0 Å². The Hall–Kier alpha value is -1.36. The van der Waals surface area contributed by atoms with E-state index in [-0.39, 0.29) is 12.0 Å². The molecule has 0 bridgehead atoms. The lowest BCUT2D eigenvalue weighted by Gasteiger charge is -2.27. The van der Waals surface area contributed by atoms with Crippen LogP contribution in [0, 0.1) is 0 Å². The van der Waals surface area contributed by atoms with Crippen LogP contribution in [0.15, 0.2) is 36.5 Å². The summed E-state index contributed by atoms with van der Waals surface area (Å²) in [7, 11) is 0. The highest BCUT2D eigenvalue weighted by Gasteiger charge is 2.27. The smallest absolute Gasteiger partial charge is 0.0834 e. The molecular weight excluding hydrogens is 284 g/mol. The van der Waals surface area contributed by atoms with E-state index in [0.29, 0.717) is 5.02 Å². The molecule has 0 saturated carbocycles. The van der Waals surface area contributed by atoms with E-state index < -0.39 is 0 Å². The molecule has 2 rings (SSSR count). The first-order chi connectivity index (χ1) is 10.2. The summed E-state index contributed by atoms with van der Waals surface area (Å²) in [5.74, 6) is 6.11. The molecule has 1 aromatic carbocycles. The van der Waals surface area contributed by atoms with Crippen LogP contribution in [0.25, 0.3) is 0 Å². The number of hydrogen-bond acceptors (Lipinski definition) is 3. The fraction of sp³-hybridized carbons (Fsp3) is 0.438. The molecule has 0 spiro atoms. The van der Waals surface area contributed by atoms with Gasteiger partial charge in [0, 0.05) is 12.5 Å². The van der Waals surface area contributed by atoms with Crippen molar-refractivity contribution < 1.29 is 0 Å². The molecule has 2 atom stereocenters. The van der Waals surface area contributed by atoms with Gasteiger partial charge < -0.3 is 0 Å². The van der Waals surface area contributed by atoms with Crippen LogP contribution in [0.1, 0.15) is 49.9 Å². The largest absolute Gasteiger partial charge is 0.271 e. The van der Waals surface area contributed by atoms with Crippen molar-refractivity contribution in [1.82, 2.24) is 15.2 Å². The molecule has 0 fully saturated rings. The summed E-state index contributed by atoms with van der Waals surface area (Å²) < 4.78 is 1.96. The molecule has 21 heavy (non-hydrogen) atoms. The Kier molecular flexibility index (Phi) is 5.79. The maximum atomic E-state index is 6.36. The fourth-order valence-electron chi connectivity index (χ4n) is 2.82. The first kappa shape index (κ1) is 16.0. The molecule has 2 unspecified atom stereocenters. The normalized spacial score (nSPS) is 14.1. The van der Waals surface area contributed by atoms with Gasteiger partial charge in [0.1, 0.15) is 0 Å². The summed E-state index contributed by atoms with van der Waals surface area (Å²) in [5.41, 5.74) is 5.17. The second kappa shape index (κ2) is 7.59. The number of hydrogen-bond donors (Lipinski definition) is 2. The van der Waals surface area contributed by atoms with Gasteiger partial charge in [-0.1, -0.05) is 55.8 Å². The Bertz CT molecular complexity index is 553. The van der Waals surface area contributed by atoms with Gasteiger partial charge in [-0.3, -0.25) is 16.0 Å². The van der Waals surface area contributed by atoms with Crippen molar-refractivity contribution in [2.45, 2.75) is 45.2 Å². The van der Waals surface area contributed by atoms with E-state index in [9.17, 15) is 0 Å². The summed E-state index contributed by atoms with van der Waals surface area (Å²) in [6.45, 7) is 5.13. The van der Waals surface area contributed by atoms with E-state index in [1.807, 2.05) is 10.7 Å². The molecule has 0 amide bonds. The minimum absolute atomic E-state index is 0.0565. The second-order valence-electron chi connectivity index (χ2n) is 5.17. The lowest BCUT2D eigenvalue weighted by molar-refractivity contribution is 0.408. The highest BCUT2D eigenvalue weighted by atomic mass is 35.5. The Labute approximate surface area is 131 Å². The quantitative estimate of drug-likeness (QED) is 0.606. The number of aryl methyl sites for hydroxylation is 1. The molecule has 0 radical (unpaired) electrons. The molecule has 114 valence electrons. The van der Waals surface area contributed by atoms with Crippen molar-refractivity contribution in [2.24, 2.45) is 5.84 Å². The summed E-state index contributed by atoms with van der Waals surface area (Å²) >= 11 is 6.36. The maximum Gasteiger partial charge on any atom is 0.0834 e. The van der Waals surface area contributed by atoms with E-state index in [0.717, 1.165) is 25.1 Å². The molecule has 0 aliphatic rings. The van der Waals surface area contributed by atoms with Crippen LogP contribution in [0.5, 0.6) is 0 Å². The highest BCUT2D eigenvalue weighted by Crippen LogP contribution is 2.36. The van der Waals surface area contributed by atoms with Crippen LogP contribution in [0.2, 0.25) is 5.02 Å². The Morgan fingerprint density at radius 2 is 2.00 bits per heavy atom. The van der Waals surface area contributed by atoms with E-state index >= 15 is 0 Å². The first-order valence-corrected chi connectivity index (χ1v) is 7.82. The monoisotopic (exact) mass is 306 g/mol. The average Bonchev–Trinajstić information content (AvgIpc) is 2.87. The van der Waals surface area contributed by atoms with Gasteiger partial charge >= 0.3 is 0 Å². The van der Waals surface area contributed by atoms with Crippen LogP contribution >= 0.6 is 11.6 Å². The van der Waals surface area contributed by atoms with E-state index in [4.69, 9.17) is 17.4 Å². The Morgan fingerprint density at radius 1 is 1.29 bits per heavy atom. The molecular formula is C16H23ClN4. The number of hydrazine groups is 1. The van der Waals surface area contributed by atoms with E-state index in [1.54, 1.807) is 6.20 Å². The van der Waals surface area contributed by atoms with Gasteiger partial charge in [-0.25, -0.2) is 0 Å². The topological polar surface area (TPSA) is 55.9 Å². The van der Waals surface area contributed by atoms with Gasteiger partial charge in [0.05, 0.1) is 23.0 Å². The number of nitrogens with one attached hydrogen (secondary N) is 1. The molecule has 1 heterocycles. The number of benzene rings is 1. The zero-order chi connectivity index (χ0) is 15.2. The van der Waals surface area contributed by atoms with Gasteiger partial charge in [-0.05, 0) is 18.4 Å². The van der Waals surface area contributed by atoms with Crippen LogP contribution in [-0.2, 0) is 6.54 Å². The molecule has 5 heteroatoms. The van der Waals surface area contributed by atoms with Crippen molar-refractivity contribution in [1.29, 1.82) is 0 Å². The summed E-state index contributed by atoms with van der Waals surface area (Å²) in [4.78, 5) is 0. The van der Waals surface area contributed by atoms with Crippen LogP contribution in [0.4, 0.5) is 0 Å². The van der Waals surface area contributed by atoms with E-state index in [1.165, 1.54) is 5.56 Å². The predicted octanol–water partition coefficient (Wildman–Crippen LogP) is 3.64. The number of nitrogens with zero attached hydrogens (tertiary/aromatic N) is 2. The van der Waals surface area contributed by atoms with Gasteiger partial charge in [0.25, 0.3) is 0 Å². The minimum atomic E-state index is -0.0565. The minimum Gasteiger partial charge on any atom is -0.271 e. The lowest BCUT2D eigenvalue weighted by atomic mass is 9.87.